The van der Waals surface area contributed by atoms with Gasteiger partial charge in [-0.25, -0.2) is 0 Å². The first-order chi connectivity index (χ1) is 9.08. The van der Waals surface area contributed by atoms with Crippen LogP contribution in [0.2, 0.25) is 0 Å². The van der Waals surface area contributed by atoms with Crippen LogP contribution in [0.15, 0.2) is 12.1 Å². The second kappa shape index (κ2) is 8.49. The molecule has 1 rings (SSSR count). The Morgan fingerprint density at radius 1 is 1.21 bits per heavy atom. The summed E-state index contributed by atoms with van der Waals surface area (Å²) in [7, 11) is 0. The first-order valence-electron chi connectivity index (χ1n) is 7.14. The molecule has 0 aliphatic rings. The highest BCUT2D eigenvalue weighted by Crippen LogP contribution is 2.25. The van der Waals surface area contributed by atoms with E-state index in [1.54, 1.807) is 0 Å². The largest absolute Gasteiger partial charge is 0.492 e. The fourth-order valence-corrected chi connectivity index (χ4v) is 2.67. The van der Waals surface area contributed by atoms with E-state index in [-0.39, 0.29) is 6.04 Å². The molecule has 0 bridgehead atoms. The molecule has 0 spiro atoms. The highest BCUT2D eigenvalue weighted by Gasteiger charge is 2.08. The third-order valence-corrected chi connectivity index (χ3v) is 4.08. The molecule has 0 amide bonds. The van der Waals surface area contributed by atoms with E-state index >= 15 is 0 Å². The molecule has 0 aliphatic heterocycles. The molecule has 2 N–H and O–H groups in total. The van der Waals surface area contributed by atoms with Crippen molar-refractivity contribution in [3.05, 3.63) is 28.8 Å². The van der Waals surface area contributed by atoms with E-state index in [0.29, 0.717) is 0 Å². The molecule has 3 heteroatoms. The maximum atomic E-state index is 6.02. The van der Waals surface area contributed by atoms with Crippen LogP contribution in [0.3, 0.4) is 0 Å². The summed E-state index contributed by atoms with van der Waals surface area (Å²) < 4.78 is 5.90. The van der Waals surface area contributed by atoms with Crippen molar-refractivity contribution in [2.24, 2.45) is 5.73 Å². The van der Waals surface area contributed by atoms with Crippen molar-refractivity contribution >= 4 is 11.8 Å². The van der Waals surface area contributed by atoms with Crippen LogP contribution in [-0.4, -0.2) is 24.2 Å². The normalized spacial score (nSPS) is 12.5. The zero-order valence-electron chi connectivity index (χ0n) is 12.7. The van der Waals surface area contributed by atoms with Gasteiger partial charge in [0.1, 0.15) is 5.75 Å². The van der Waals surface area contributed by atoms with Crippen LogP contribution in [0.1, 0.15) is 37.0 Å². The van der Waals surface area contributed by atoms with Crippen molar-refractivity contribution in [1.29, 1.82) is 0 Å². The number of nitrogens with two attached hydrogens (primary N) is 1. The van der Waals surface area contributed by atoms with E-state index in [1.165, 1.54) is 16.7 Å². The maximum Gasteiger partial charge on any atom is 0.125 e. The Bertz CT molecular complexity index is 369. The Morgan fingerprint density at radius 3 is 2.37 bits per heavy atom. The molecule has 1 unspecified atom stereocenters. The molecule has 108 valence electrons. The van der Waals surface area contributed by atoms with Gasteiger partial charge in [-0.2, -0.15) is 11.8 Å². The summed E-state index contributed by atoms with van der Waals surface area (Å²) in [5, 5.41) is 0. The maximum absolute atomic E-state index is 6.02. The van der Waals surface area contributed by atoms with Gasteiger partial charge in [-0.3, -0.25) is 0 Å². The van der Waals surface area contributed by atoms with Crippen LogP contribution >= 0.6 is 11.8 Å². The van der Waals surface area contributed by atoms with Crippen molar-refractivity contribution < 1.29 is 4.74 Å². The summed E-state index contributed by atoms with van der Waals surface area (Å²) in [6.07, 6.45) is 1.97. The topological polar surface area (TPSA) is 35.2 Å². The monoisotopic (exact) mass is 281 g/mol. The molecule has 0 saturated carbocycles. The molecule has 0 radical (unpaired) electrons. The van der Waals surface area contributed by atoms with Crippen LogP contribution in [0, 0.1) is 13.8 Å². The lowest BCUT2D eigenvalue weighted by atomic mass is 9.99. The zero-order chi connectivity index (χ0) is 14.3. The first kappa shape index (κ1) is 16.4. The molecular formula is C16H27NOS. The van der Waals surface area contributed by atoms with E-state index in [1.807, 2.05) is 11.8 Å². The minimum absolute atomic E-state index is 0.256. The summed E-state index contributed by atoms with van der Waals surface area (Å²) >= 11 is 1.91. The lowest BCUT2D eigenvalue weighted by Gasteiger charge is -2.15. The van der Waals surface area contributed by atoms with Gasteiger partial charge in [0.15, 0.2) is 0 Å². The second-order valence-corrected chi connectivity index (χ2v) is 6.37. The number of ether oxygens (including phenoxy) is 1. The van der Waals surface area contributed by atoms with Crippen LogP contribution < -0.4 is 10.5 Å². The molecule has 0 heterocycles. The average Bonchev–Trinajstić information content (AvgIpc) is 2.37. The van der Waals surface area contributed by atoms with Crippen molar-refractivity contribution in [2.75, 3.05) is 18.1 Å². The third kappa shape index (κ3) is 5.45. The SMILES string of the molecule is CCSCCOc1c(C)cc(CC(N)CC)cc1C. The van der Waals surface area contributed by atoms with E-state index in [0.717, 1.165) is 36.7 Å². The number of thioether (sulfide) groups is 1. The van der Waals surface area contributed by atoms with Crippen LogP contribution in [0.4, 0.5) is 0 Å². The van der Waals surface area contributed by atoms with Gasteiger partial charge in [0.2, 0.25) is 0 Å². The Balaban J connectivity index is 2.68. The Kier molecular flexibility index (Phi) is 7.32. The summed E-state index contributed by atoms with van der Waals surface area (Å²) in [5.41, 5.74) is 9.79. The highest BCUT2D eigenvalue weighted by molar-refractivity contribution is 7.99. The van der Waals surface area contributed by atoms with E-state index in [4.69, 9.17) is 10.5 Å². The molecule has 0 aromatic heterocycles. The summed E-state index contributed by atoms with van der Waals surface area (Å²) in [6, 6.07) is 4.68. The van der Waals surface area contributed by atoms with Crippen molar-refractivity contribution in [1.82, 2.24) is 0 Å². The Hall–Kier alpha value is -0.670. The molecule has 0 saturated heterocycles. The highest BCUT2D eigenvalue weighted by atomic mass is 32.2. The van der Waals surface area contributed by atoms with Crippen molar-refractivity contribution in [2.45, 2.75) is 46.6 Å². The lowest BCUT2D eigenvalue weighted by molar-refractivity contribution is 0.339. The Labute approximate surface area is 122 Å². The van der Waals surface area contributed by atoms with E-state index < -0.39 is 0 Å². The number of hydrogen-bond donors (Lipinski definition) is 1. The quantitative estimate of drug-likeness (QED) is 0.738. The average molecular weight is 281 g/mol. The molecular weight excluding hydrogens is 254 g/mol. The predicted molar refractivity (Wildman–Crippen MR) is 86.4 cm³/mol. The third-order valence-electron chi connectivity index (χ3n) is 3.22. The number of benzene rings is 1. The fraction of sp³-hybridized carbons (Fsp3) is 0.625. The van der Waals surface area contributed by atoms with E-state index in [9.17, 15) is 0 Å². The predicted octanol–water partition coefficient (Wildman–Crippen LogP) is 3.72. The summed E-state index contributed by atoms with van der Waals surface area (Å²) in [6.45, 7) is 9.33. The van der Waals surface area contributed by atoms with Gasteiger partial charge in [0.05, 0.1) is 6.61 Å². The molecule has 0 fully saturated rings. The summed E-state index contributed by atoms with van der Waals surface area (Å²) in [4.78, 5) is 0. The lowest BCUT2D eigenvalue weighted by Crippen LogP contribution is -2.21. The van der Waals surface area contributed by atoms with Gasteiger partial charge in [-0.1, -0.05) is 26.0 Å². The molecule has 2 nitrogen and oxygen atoms in total. The smallest absolute Gasteiger partial charge is 0.125 e. The number of rotatable bonds is 8. The Morgan fingerprint density at radius 2 is 1.84 bits per heavy atom. The van der Waals surface area contributed by atoms with Crippen molar-refractivity contribution in [3.63, 3.8) is 0 Å². The van der Waals surface area contributed by atoms with Crippen LogP contribution in [-0.2, 0) is 6.42 Å². The van der Waals surface area contributed by atoms with Gasteiger partial charge in [-0.15, -0.1) is 0 Å². The number of hydrogen-bond acceptors (Lipinski definition) is 3. The molecule has 19 heavy (non-hydrogen) atoms. The standard InChI is InChI=1S/C16H27NOS/c1-5-15(17)11-14-9-12(3)16(13(4)10-14)18-7-8-19-6-2/h9-10,15H,5-8,11,17H2,1-4H3. The fourth-order valence-electron chi connectivity index (χ4n) is 2.18. The van der Waals surface area contributed by atoms with Gasteiger partial charge in [0, 0.05) is 11.8 Å². The molecule has 1 atom stereocenters. The van der Waals surface area contributed by atoms with Crippen LogP contribution in [0.25, 0.3) is 0 Å². The number of aryl methyl sites for hydroxylation is 2. The van der Waals surface area contributed by atoms with Gasteiger partial charge in [0.25, 0.3) is 0 Å². The van der Waals surface area contributed by atoms with Crippen LogP contribution in [0.5, 0.6) is 5.75 Å². The van der Waals surface area contributed by atoms with E-state index in [2.05, 4.69) is 39.8 Å². The first-order valence-corrected chi connectivity index (χ1v) is 8.30. The minimum Gasteiger partial charge on any atom is -0.492 e. The molecule has 1 aromatic rings. The van der Waals surface area contributed by atoms with Crippen molar-refractivity contribution in [3.8, 4) is 5.75 Å². The zero-order valence-corrected chi connectivity index (χ0v) is 13.5. The van der Waals surface area contributed by atoms with Gasteiger partial charge >= 0.3 is 0 Å². The molecule has 1 aromatic carbocycles. The summed E-state index contributed by atoms with van der Waals surface area (Å²) in [5.74, 6) is 3.25. The minimum atomic E-state index is 0.256. The molecule has 0 aliphatic carbocycles. The second-order valence-electron chi connectivity index (χ2n) is 4.98. The van der Waals surface area contributed by atoms with Gasteiger partial charge in [-0.05, 0) is 49.1 Å². The van der Waals surface area contributed by atoms with Gasteiger partial charge < -0.3 is 10.5 Å².